The van der Waals surface area contributed by atoms with Crippen molar-refractivity contribution in [2.75, 3.05) is 32.0 Å². The van der Waals surface area contributed by atoms with Crippen molar-refractivity contribution in [1.82, 2.24) is 10.2 Å². The number of nitrogens with zero attached hydrogens (tertiary/aromatic N) is 1. The Kier molecular flexibility index (Phi) is 6.73. The van der Waals surface area contributed by atoms with Crippen molar-refractivity contribution >= 4 is 17.5 Å². The van der Waals surface area contributed by atoms with Crippen LogP contribution in [0.25, 0.3) is 0 Å². The van der Waals surface area contributed by atoms with Gasteiger partial charge in [-0.05, 0) is 33.0 Å². The summed E-state index contributed by atoms with van der Waals surface area (Å²) in [6, 6.07) is 7.12. The van der Waals surface area contributed by atoms with Crippen LogP contribution in [0.1, 0.15) is 30.6 Å². The molecule has 2 N–H and O–H groups in total. The first-order valence-electron chi connectivity index (χ1n) is 6.96. The minimum atomic E-state index is -0.0980. The van der Waals surface area contributed by atoms with Crippen molar-refractivity contribution in [2.45, 2.75) is 20.3 Å². The monoisotopic (exact) mass is 277 g/mol. The number of benzene rings is 1. The molecule has 0 unspecified atom stereocenters. The van der Waals surface area contributed by atoms with Crippen LogP contribution in [0.2, 0.25) is 0 Å². The van der Waals surface area contributed by atoms with Gasteiger partial charge >= 0.3 is 0 Å². The van der Waals surface area contributed by atoms with Crippen molar-refractivity contribution in [1.29, 1.82) is 0 Å². The fourth-order valence-corrected chi connectivity index (χ4v) is 1.91. The largest absolute Gasteiger partial charge is 0.339 e. The number of hydrogen-bond donors (Lipinski definition) is 2. The molecule has 0 aliphatic rings. The average molecular weight is 277 g/mol. The predicted octanol–water partition coefficient (Wildman–Crippen LogP) is 1.72. The first-order chi connectivity index (χ1) is 9.63. The van der Waals surface area contributed by atoms with E-state index in [1.54, 1.807) is 30.1 Å². The number of carbonyl (C=O) groups is 2. The van der Waals surface area contributed by atoms with Gasteiger partial charge in [-0.1, -0.05) is 12.1 Å². The van der Waals surface area contributed by atoms with Crippen LogP contribution in [-0.4, -0.2) is 43.4 Å². The lowest BCUT2D eigenvalue weighted by Gasteiger charge is -2.20. The van der Waals surface area contributed by atoms with Gasteiger partial charge in [0.2, 0.25) is 5.91 Å². The molecule has 0 aliphatic carbocycles. The maximum atomic E-state index is 12.4. The Hall–Kier alpha value is -1.88. The first-order valence-corrected chi connectivity index (χ1v) is 6.96. The molecule has 1 rings (SSSR count). The van der Waals surface area contributed by atoms with E-state index in [9.17, 15) is 9.59 Å². The lowest BCUT2D eigenvalue weighted by molar-refractivity contribution is -0.116. The molecule has 0 aromatic heterocycles. The van der Waals surface area contributed by atoms with Crippen LogP contribution in [0.15, 0.2) is 24.3 Å². The van der Waals surface area contributed by atoms with Gasteiger partial charge in [-0.2, -0.15) is 0 Å². The second-order valence-corrected chi connectivity index (χ2v) is 4.42. The van der Waals surface area contributed by atoms with Crippen LogP contribution in [0.5, 0.6) is 0 Å². The van der Waals surface area contributed by atoms with E-state index in [2.05, 4.69) is 10.6 Å². The number of amides is 2. The highest BCUT2D eigenvalue weighted by molar-refractivity contribution is 6.03. The normalized spacial score (nSPS) is 10.2. The van der Waals surface area contributed by atoms with Crippen molar-refractivity contribution in [3.63, 3.8) is 0 Å². The molecule has 0 fully saturated rings. The molecule has 0 saturated carbocycles. The van der Waals surface area contributed by atoms with Gasteiger partial charge in [0.25, 0.3) is 5.91 Å². The molecule has 1 aromatic rings. The number of nitrogens with one attached hydrogen (secondary N) is 2. The van der Waals surface area contributed by atoms with E-state index >= 15 is 0 Å². The maximum absolute atomic E-state index is 12.4. The molecule has 0 bridgehead atoms. The van der Waals surface area contributed by atoms with Gasteiger partial charge in [-0.15, -0.1) is 0 Å². The molecule has 5 nitrogen and oxygen atoms in total. The summed E-state index contributed by atoms with van der Waals surface area (Å²) in [5.41, 5.74) is 1.11. The Labute approximate surface area is 120 Å². The highest BCUT2D eigenvalue weighted by Crippen LogP contribution is 2.17. The minimum Gasteiger partial charge on any atom is -0.339 e. The zero-order chi connectivity index (χ0) is 15.0. The summed E-state index contributed by atoms with van der Waals surface area (Å²) in [7, 11) is 1.80. The summed E-state index contributed by atoms with van der Waals surface area (Å²) >= 11 is 0. The Morgan fingerprint density at radius 3 is 2.40 bits per heavy atom. The second kappa shape index (κ2) is 8.32. The van der Waals surface area contributed by atoms with E-state index in [0.717, 1.165) is 0 Å². The summed E-state index contributed by atoms with van der Waals surface area (Å²) < 4.78 is 0. The molecule has 0 radical (unpaired) electrons. The summed E-state index contributed by atoms with van der Waals surface area (Å²) in [5.74, 6) is -0.154. The molecule has 0 saturated heterocycles. The summed E-state index contributed by atoms with van der Waals surface area (Å²) in [6.45, 7) is 5.79. The van der Waals surface area contributed by atoms with Gasteiger partial charge < -0.3 is 15.5 Å². The van der Waals surface area contributed by atoms with Crippen LogP contribution in [-0.2, 0) is 4.79 Å². The molecule has 0 spiro atoms. The zero-order valence-corrected chi connectivity index (χ0v) is 12.4. The van der Waals surface area contributed by atoms with Crippen LogP contribution in [0.3, 0.4) is 0 Å². The fraction of sp³-hybridized carbons (Fsp3) is 0.467. The average Bonchev–Trinajstić information content (AvgIpc) is 2.46. The van der Waals surface area contributed by atoms with Crippen molar-refractivity contribution in [2.24, 2.45) is 0 Å². The van der Waals surface area contributed by atoms with E-state index in [-0.39, 0.29) is 11.8 Å². The summed E-state index contributed by atoms with van der Waals surface area (Å²) in [4.78, 5) is 25.9. The quantitative estimate of drug-likeness (QED) is 0.797. The third kappa shape index (κ3) is 4.35. The maximum Gasteiger partial charge on any atom is 0.255 e. The van der Waals surface area contributed by atoms with Crippen LogP contribution < -0.4 is 10.6 Å². The highest BCUT2D eigenvalue weighted by Gasteiger charge is 2.17. The van der Waals surface area contributed by atoms with Gasteiger partial charge in [-0.3, -0.25) is 9.59 Å². The zero-order valence-electron chi connectivity index (χ0n) is 12.4. The Bertz CT molecular complexity index is 456. The highest BCUT2D eigenvalue weighted by atomic mass is 16.2. The molecule has 20 heavy (non-hydrogen) atoms. The van der Waals surface area contributed by atoms with E-state index in [4.69, 9.17) is 0 Å². The van der Waals surface area contributed by atoms with E-state index in [1.807, 2.05) is 19.9 Å². The van der Waals surface area contributed by atoms with Crippen molar-refractivity contribution < 1.29 is 9.59 Å². The molecule has 0 aliphatic heterocycles. The van der Waals surface area contributed by atoms with E-state index in [0.29, 0.717) is 37.3 Å². The van der Waals surface area contributed by atoms with Gasteiger partial charge in [0.05, 0.1) is 11.3 Å². The van der Waals surface area contributed by atoms with E-state index < -0.39 is 0 Å². The first kappa shape index (κ1) is 16.2. The predicted molar refractivity (Wildman–Crippen MR) is 80.9 cm³/mol. The lowest BCUT2D eigenvalue weighted by Crippen LogP contribution is -2.31. The molecule has 2 amide bonds. The molecule has 0 heterocycles. The van der Waals surface area contributed by atoms with Crippen LogP contribution >= 0.6 is 0 Å². The lowest BCUT2D eigenvalue weighted by atomic mass is 10.1. The SMILES string of the molecule is CCN(CC)C(=O)c1ccccc1NC(=O)CCNC. The molecule has 5 heteroatoms. The van der Waals surface area contributed by atoms with Crippen molar-refractivity contribution in [3.05, 3.63) is 29.8 Å². The molecule has 110 valence electrons. The van der Waals surface area contributed by atoms with Crippen LogP contribution in [0, 0.1) is 0 Å². The number of hydrogen-bond acceptors (Lipinski definition) is 3. The third-order valence-corrected chi connectivity index (χ3v) is 3.08. The van der Waals surface area contributed by atoms with E-state index in [1.165, 1.54) is 0 Å². The minimum absolute atomic E-state index is 0.0560. The van der Waals surface area contributed by atoms with Gasteiger partial charge in [0.1, 0.15) is 0 Å². The number of carbonyl (C=O) groups excluding carboxylic acids is 2. The number of rotatable bonds is 7. The smallest absolute Gasteiger partial charge is 0.255 e. The summed E-state index contributed by atoms with van der Waals surface area (Å²) in [6.07, 6.45) is 0.379. The molecular weight excluding hydrogens is 254 g/mol. The Morgan fingerprint density at radius 1 is 1.15 bits per heavy atom. The molecule has 1 aromatic carbocycles. The molecule has 0 atom stereocenters. The van der Waals surface area contributed by atoms with Crippen LogP contribution in [0.4, 0.5) is 5.69 Å². The third-order valence-electron chi connectivity index (χ3n) is 3.08. The second-order valence-electron chi connectivity index (χ2n) is 4.42. The fourth-order valence-electron chi connectivity index (χ4n) is 1.91. The summed E-state index contributed by atoms with van der Waals surface area (Å²) in [5, 5.41) is 5.73. The molecular formula is C15H23N3O2. The Balaban J connectivity index is 2.87. The van der Waals surface area contributed by atoms with Gasteiger partial charge in [-0.25, -0.2) is 0 Å². The number of anilines is 1. The number of para-hydroxylation sites is 1. The van der Waals surface area contributed by atoms with Gasteiger partial charge in [0.15, 0.2) is 0 Å². The topological polar surface area (TPSA) is 61.4 Å². The Morgan fingerprint density at radius 2 is 1.80 bits per heavy atom. The van der Waals surface area contributed by atoms with Crippen molar-refractivity contribution in [3.8, 4) is 0 Å². The van der Waals surface area contributed by atoms with Gasteiger partial charge in [0, 0.05) is 26.1 Å². The standard InChI is InChI=1S/C15H23N3O2/c1-4-18(5-2)15(20)12-8-6-7-9-13(12)17-14(19)10-11-16-3/h6-9,16H,4-5,10-11H2,1-3H3,(H,17,19).